The fourth-order valence-electron chi connectivity index (χ4n) is 1.99. The molecular weight excluding hydrogens is 423 g/mol. The van der Waals surface area contributed by atoms with Gasteiger partial charge in [0.2, 0.25) is 0 Å². The van der Waals surface area contributed by atoms with Crippen LogP contribution < -0.4 is 4.74 Å². The Balaban J connectivity index is 2.25. The van der Waals surface area contributed by atoms with Gasteiger partial charge in [-0.05, 0) is 63.4 Å². The van der Waals surface area contributed by atoms with Crippen molar-refractivity contribution >= 4 is 43.5 Å². The van der Waals surface area contributed by atoms with Gasteiger partial charge in [-0.25, -0.2) is 0 Å². The number of aliphatic hydroxyl groups is 1. The van der Waals surface area contributed by atoms with Gasteiger partial charge in [0.15, 0.2) is 0 Å². The summed E-state index contributed by atoms with van der Waals surface area (Å²) in [6.07, 6.45) is 0. The lowest BCUT2D eigenvalue weighted by molar-refractivity contribution is 0.278. The standard InChI is InChI=1S/C14H15Br2ClN2O2/c1-3-19-12(13(17)8(2)18-19)7-21-14-10(15)4-9(6-20)5-11(14)16/h4-5,20H,3,6-7H2,1-2H3. The summed E-state index contributed by atoms with van der Waals surface area (Å²) in [5.74, 6) is 0.671. The van der Waals surface area contributed by atoms with Crippen LogP contribution in [0.25, 0.3) is 0 Å². The number of halogens is 3. The Morgan fingerprint density at radius 1 is 1.33 bits per heavy atom. The van der Waals surface area contributed by atoms with Crippen molar-refractivity contribution in [1.82, 2.24) is 9.78 Å². The Bertz CT molecular complexity index is 636. The third-order valence-electron chi connectivity index (χ3n) is 3.05. The Morgan fingerprint density at radius 2 is 1.95 bits per heavy atom. The molecule has 0 aliphatic heterocycles. The molecule has 0 saturated heterocycles. The van der Waals surface area contributed by atoms with E-state index in [4.69, 9.17) is 16.3 Å². The molecule has 21 heavy (non-hydrogen) atoms. The first-order valence-electron chi connectivity index (χ1n) is 6.41. The van der Waals surface area contributed by atoms with Crippen molar-refractivity contribution in [3.63, 3.8) is 0 Å². The number of hydrogen-bond donors (Lipinski definition) is 1. The third kappa shape index (κ3) is 3.62. The van der Waals surface area contributed by atoms with Crippen LogP contribution in [-0.4, -0.2) is 14.9 Å². The minimum atomic E-state index is -0.0227. The SMILES string of the molecule is CCn1nc(C)c(Cl)c1COc1c(Br)cc(CO)cc1Br. The van der Waals surface area contributed by atoms with Crippen LogP contribution in [0.15, 0.2) is 21.1 Å². The molecule has 0 aliphatic carbocycles. The number of rotatable bonds is 5. The van der Waals surface area contributed by atoms with E-state index in [2.05, 4.69) is 37.0 Å². The Labute approximate surface area is 145 Å². The van der Waals surface area contributed by atoms with Crippen molar-refractivity contribution in [1.29, 1.82) is 0 Å². The quantitative estimate of drug-likeness (QED) is 0.750. The van der Waals surface area contributed by atoms with E-state index in [-0.39, 0.29) is 6.61 Å². The van der Waals surface area contributed by atoms with Crippen LogP contribution in [0.5, 0.6) is 5.75 Å². The van der Waals surface area contributed by atoms with E-state index < -0.39 is 0 Å². The van der Waals surface area contributed by atoms with Gasteiger partial charge in [-0.2, -0.15) is 5.10 Å². The number of nitrogens with zero attached hydrogens (tertiary/aromatic N) is 2. The van der Waals surface area contributed by atoms with Gasteiger partial charge >= 0.3 is 0 Å². The molecule has 1 aromatic carbocycles. The van der Waals surface area contributed by atoms with Crippen molar-refractivity contribution in [2.45, 2.75) is 33.6 Å². The maximum Gasteiger partial charge on any atom is 0.148 e. The molecule has 0 bridgehead atoms. The van der Waals surface area contributed by atoms with Crippen LogP contribution in [-0.2, 0) is 19.8 Å². The summed E-state index contributed by atoms with van der Waals surface area (Å²) in [6.45, 7) is 4.92. The maximum atomic E-state index is 9.18. The Hall–Kier alpha value is -0.560. The molecule has 0 spiro atoms. The average Bonchev–Trinajstić information content (AvgIpc) is 2.73. The average molecular weight is 439 g/mol. The molecule has 1 heterocycles. The van der Waals surface area contributed by atoms with E-state index in [1.807, 2.05) is 30.7 Å². The van der Waals surface area contributed by atoms with Crippen LogP contribution in [0.1, 0.15) is 23.9 Å². The van der Waals surface area contributed by atoms with Gasteiger partial charge in [-0.3, -0.25) is 4.68 Å². The zero-order chi connectivity index (χ0) is 15.6. The van der Waals surface area contributed by atoms with Crippen molar-refractivity contribution in [3.8, 4) is 5.75 Å². The smallest absolute Gasteiger partial charge is 0.148 e. The Kier molecular flexibility index (Phi) is 5.71. The van der Waals surface area contributed by atoms with Crippen LogP contribution in [0.4, 0.5) is 0 Å². The summed E-state index contributed by atoms with van der Waals surface area (Å²) >= 11 is 13.2. The van der Waals surface area contributed by atoms with Crippen molar-refractivity contribution in [2.75, 3.05) is 0 Å². The molecule has 2 aromatic rings. The molecule has 0 unspecified atom stereocenters. The predicted molar refractivity (Wildman–Crippen MR) is 89.7 cm³/mol. The zero-order valence-electron chi connectivity index (χ0n) is 11.7. The molecule has 1 N–H and O–H groups in total. The van der Waals surface area contributed by atoms with Crippen molar-refractivity contribution in [3.05, 3.63) is 43.1 Å². The molecule has 0 saturated carbocycles. The second-order valence-electron chi connectivity index (χ2n) is 4.50. The predicted octanol–water partition coefficient (Wildman–Crippen LogP) is 4.46. The first kappa shape index (κ1) is 16.8. The number of aryl methyl sites for hydroxylation is 2. The molecule has 0 radical (unpaired) electrons. The third-order valence-corrected chi connectivity index (χ3v) is 4.72. The second-order valence-corrected chi connectivity index (χ2v) is 6.58. The minimum absolute atomic E-state index is 0.0227. The van der Waals surface area contributed by atoms with Gasteiger partial charge in [-0.15, -0.1) is 0 Å². The van der Waals surface area contributed by atoms with Crippen LogP contribution in [0.2, 0.25) is 5.02 Å². The highest BCUT2D eigenvalue weighted by atomic mass is 79.9. The molecule has 2 rings (SSSR count). The van der Waals surface area contributed by atoms with Gasteiger partial charge < -0.3 is 9.84 Å². The summed E-state index contributed by atoms with van der Waals surface area (Å²) in [4.78, 5) is 0. The van der Waals surface area contributed by atoms with Gasteiger partial charge in [0, 0.05) is 6.54 Å². The summed E-state index contributed by atoms with van der Waals surface area (Å²) in [7, 11) is 0. The van der Waals surface area contributed by atoms with Crippen molar-refractivity contribution < 1.29 is 9.84 Å². The lowest BCUT2D eigenvalue weighted by Gasteiger charge is -2.12. The molecule has 1 aromatic heterocycles. The maximum absolute atomic E-state index is 9.18. The highest BCUT2D eigenvalue weighted by Crippen LogP contribution is 2.36. The van der Waals surface area contributed by atoms with Crippen LogP contribution >= 0.6 is 43.5 Å². The van der Waals surface area contributed by atoms with E-state index in [0.29, 0.717) is 17.4 Å². The number of benzene rings is 1. The highest BCUT2D eigenvalue weighted by Gasteiger charge is 2.15. The van der Waals surface area contributed by atoms with E-state index in [0.717, 1.165) is 32.4 Å². The van der Waals surface area contributed by atoms with Crippen molar-refractivity contribution in [2.24, 2.45) is 0 Å². The summed E-state index contributed by atoms with van der Waals surface area (Å²) in [6, 6.07) is 3.65. The first-order valence-corrected chi connectivity index (χ1v) is 8.37. The van der Waals surface area contributed by atoms with Gasteiger partial charge in [-0.1, -0.05) is 11.6 Å². The monoisotopic (exact) mass is 436 g/mol. The summed E-state index contributed by atoms with van der Waals surface area (Å²) < 4.78 is 9.25. The molecule has 0 atom stereocenters. The lowest BCUT2D eigenvalue weighted by Crippen LogP contribution is -2.07. The molecule has 0 amide bonds. The number of aromatic nitrogens is 2. The van der Waals surface area contributed by atoms with E-state index in [9.17, 15) is 5.11 Å². The fourth-order valence-corrected chi connectivity index (χ4v) is 3.69. The summed E-state index contributed by atoms with van der Waals surface area (Å²) in [5, 5.41) is 14.2. The van der Waals surface area contributed by atoms with Gasteiger partial charge in [0.1, 0.15) is 12.4 Å². The van der Waals surface area contributed by atoms with Gasteiger partial charge in [0.25, 0.3) is 0 Å². The summed E-state index contributed by atoms with van der Waals surface area (Å²) in [5.41, 5.74) is 2.45. The fraction of sp³-hybridized carbons (Fsp3) is 0.357. The normalized spacial score (nSPS) is 11.0. The first-order chi connectivity index (χ1) is 9.97. The zero-order valence-corrected chi connectivity index (χ0v) is 15.6. The molecule has 0 fully saturated rings. The van der Waals surface area contributed by atoms with E-state index >= 15 is 0 Å². The number of aliphatic hydroxyl groups excluding tert-OH is 1. The topological polar surface area (TPSA) is 47.3 Å². The number of ether oxygens (including phenoxy) is 1. The molecule has 7 heteroatoms. The minimum Gasteiger partial charge on any atom is -0.485 e. The highest BCUT2D eigenvalue weighted by molar-refractivity contribution is 9.11. The Morgan fingerprint density at radius 3 is 2.48 bits per heavy atom. The number of hydrogen-bond acceptors (Lipinski definition) is 3. The van der Waals surface area contributed by atoms with E-state index in [1.54, 1.807) is 0 Å². The molecule has 0 aliphatic rings. The largest absolute Gasteiger partial charge is 0.485 e. The van der Waals surface area contributed by atoms with E-state index in [1.165, 1.54) is 0 Å². The van der Waals surface area contributed by atoms with Crippen LogP contribution in [0.3, 0.4) is 0 Å². The lowest BCUT2D eigenvalue weighted by atomic mass is 10.2. The molecule has 114 valence electrons. The second kappa shape index (κ2) is 7.13. The molecule has 4 nitrogen and oxygen atoms in total. The molecular formula is C14H15Br2ClN2O2. The van der Waals surface area contributed by atoms with Crippen LogP contribution in [0, 0.1) is 6.92 Å². The van der Waals surface area contributed by atoms with Gasteiger partial charge in [0.05, 0.1) is 32.0 Å².